The lowest BCUT2D eigenvalue weighted by Gasteiger charge is -2.60. The lowest BCUT2D eigenvalue weighted by molar-refractivity contribution is -0.110. The number of hydrogen-bond donors (Lipinski definition) is 0. The van der Waals surface area contributed by atoms with E-state index in [4.69, 9.17) is 0 Å². The second kappa shape index (κ2) is 2.39. The molecular formula is C14H22. The molecule has 0 spiro atoms. The Balaban J connectivity index is 1.50. The molecule has 4 fully saturated rings. The predicted octanol–water partition coefficient (Wildman–Crippen LogP) is 3.57. The standard InChI is InChI=1S/C14H22/c1-7-4-11(12-6-10(7)12)13-5-9-3-8(2)14(9)13/h7-14H,3-6H2,1-2H3. The van der Waals surface area contributed by atoms with Crippen LogP contribution in [0.4, 0.5) is 0 Å². The molecule has 78 valence electrons. The third-order valence-electron chi connectivity index (χ3n) is 6.31. The molecule has 0 aromatic carbocycles. The van der Waals surface area contributed by atoms with Crippen LogP contribution in [0.5, 0.6) is 0 Å². The smallest absolute Gasteiger partial charge is 0.0328 e. The zero-order valence-corrected chi connectivity index (χ0v) is 9.45. The van der Waals surface area contributed by atoms with Gasteiger partial charge in [0.1, 0.15) is 0 Å². The normalized spacial score (nSPS) is 69.0. The maximum atomic E-state index is 2.50. The number of rotatable bonds is 1. The molecule has 0 nitrogen and oxygen atoms in total. The van der Waals surface area contributed by atoms with Crippen molar-refractivity contribution in [3.63, 3.8) is 0 Å². The second-order valence-electron chi connectivity index (χ2n) is 6.89. The largest absolute Gasteiger partial charge is 0.0622 e. The van der Waals surface area contributed by atoms with Crippen molar-refractivity contribution in [2.24, 2.45) is 47.3 Å². The fourth-order valence-corrected chi connectivity index (χ4v) is 5.51. The van der Waals surface area contributed by atoms with E-state index in [2.05, 4.69) is 13.8 Å². The van der Waals surface area contributed by atoms with Crippen LogP contribution in [-0.2, 0) is 0 Å². The van der Waals surface area contributed by atoms with Crippen molar-refractivity contribution in [1.29, 1.82) is 0 Å². The lowest BCUT2D eigenvalue weighted by Crippen LogP contribution is -2.53. The van der Waals surface area contributed by atoms with Crippen LogP contribution in [0.25, 0.3) is 0 Å². The zero-order valence-electron chi connectivity index (χ0n) is 9.45. The van der Waals surface area contributed by atoms with Crippen LogP contribution >= 0.6 is 0 Å². The molecule has 8 unspecified atom stereocenters. The average molecular weight is 190 g/mol. The summed E-state index contributed by atoms with van der Waals surface area (Å²) in [6.45, 7) is 5.00. The lowest BCUT2D eigenvalue weighted by atomic mass is 9.45. The summed E-state index contributed by atoms with van der Waals surface area (Å²) in [6, 6.07) is 0. The van der Waals surface area contributed by atoms with Crippen molar-refractivity contribution in [2.75, 3.05) is 0 Å². The van der Waals surface area contributed by atoms with Crippen LogP contribution in [0.1, 0.15) is 39.5 Å². The average Bonchev–Trinajstić information content (AvgIpc) is 2.83. The third-order valence-corrected chi connectivity index (χ3v) is 6.31. The van der Waals surface area contributed by atoms with Gasteiger partial charge in [-0.05, 0) is 73.0 Å². The highest BCUT2D eigenvalue weighted by Gasteiger charge is 2.61. The van der Waals surface area contributed by atoms with Gasteiger partial charge < -0.3 is 0 Å². The van der Waals surface area contributed by atoms with E-state index in [-0.39, 0.29) is 0 Å². The van der Waals surface area contributed by atoms with Crippen LogP contribution in [0.15, 0.2) is 0 Å². The first kappa shape index (κ1) is 8.19. The van der Waals surface area contributed by atoms with Crippen LogP contribution in [0, 0.1) is 47.3 Å². The molecule has 0 bridgehead atoms. The molecule has 0 saturated heterocycles. The molecule has 0 heterocycles. The fraction of sp³-hybridized carbons (Fsp3) is 1.00. The van der Waals surface area contributed by atoms with E-state index < -0.39 is 0 Å². The van der Waals surface area contributed by atoms with Gasteiger partial charge in [-0.3, -0.25) is 0 Å². The molecule has 0 N–H and O–H groups in total. The van der Waals surface area contributed by atoms with Crippen molar-refractivity contribution in [2.45, 2.75) is 39.5 Å². The summed E-state index contributed by atoms with van der Waals surface area (Å²) >= 11 is 0. The van der Waals surface area contributed by atoms with Gasteiger partial charge in [-0.25, -0.2) is 0 Å². The molecule has 0 aromatic heterocycles. The van der Waals surface area contributed by atoms with Crippen LogP contribution in [0.3, 0.4) is 0 Å². The van der Waals surface area contributed by atoms with Crippen molar-refractivity contribution in [3.05, 3.63) is 0 Å². The molecule has 8 atom stereocenters. The topological polar surface area (TPSA) is 0 Å². The minimum atomic E-state index is 1.08. The Morgan fingerprint density at radius 2 is 1.43 bits per heavy atom. The van der Waals surface area contributed by atoms with E-state index in [1.54, 1.807) is 25.7 Å². The van der Waals surface area contributed by atoms with Gasteiger partial charge in [-0.1, -0.05) is 13.8 Å². The summed E-state index contributed by atoms with van der Waals surface area (Å²) in [5, 5.41) is 0. The quantitative estimate of drug-likeness (QED) is 0.593. The van der Waals surface area contributed by atoms with Crippen molar-refractivity contribution in [3.8, 4) is 0 Å². The van der Waals surface area contributed by atoms with Crippen molar-refractivity contribution in [1.82, 2.24) is 0 Å². The Kier molecular flexibility index (Phi) is 1.40. The van der Waals surface area contributed by atoms with Crippen molar-refractivity contribution < 1.29 is 0 Å². The van der Waals surface area contributed by atoms with E-state index in [1.165, 1.54) is 35.5 Å². The molecule has 0 amide bonds. The summed E-state index contributed by atoms with van der Waals surface area (Å²) < 4.78 is 0. The molecule has 4 aliphatic rings. The van der Waals surface area contributed by atoms with Gasteiger partial charge in [0.15, 0.2) is 0 Å². The van der Waals surface area contributed by atoms with Gasteiger partial charge in [0, 0.05) is 0 Å². The summed E-state index contributed by atoms with van der Waals surface area (Å²) in [5.41, 5.74) is 0. The molecule has 0 aromatic rings. The number of hydrogen-bond acceptors (Lipinski definition) is 0. The van der Waals surface area contributed by atoms with Crippen molar-refractivity contribution >= 4 is 0 Å². The van der Waals surface area contributed by atoms with Crippen LogP contribution < -0.4 is 0 Å². The number of fused-ring (bicyclic) bond motifs is 2. The molecule has 4 rings (SSSR count). The highest BCUT2D eigenvalue weighted by atomic mass is 14.7. The SMILES string of the molecule is CC1CC(C2CC3CC(C)C32)C2CC12. The van der Waals surface area contributed by atoms with Crippen LogP contribution in [-0.4, -0.2) is 0 Å². The maximum Gasteiger partial charge on any atom is -0.0328 e. The first-order chi connectivity index (χ1) is 6.75. The van der Waals surface area contributed by atoms with Gasteiger partial charge in [0.05, 0.1) is 0 Å². The molecule has 14 heavy (non-hydrogen) atoms. The Morgan fingerprint density at radius 3 is 1.93 bits per heavy atom. The summed E-state index contributed by atoms with van der Waals surface area (Å²) in [5.74, 6) is 9.28. The Bertz CT molecular complexity index is 265. The van der Waals surface area contributed by atoms with E-state index in [1.807, 2.05) is 0 Å². The van der Waals surface area contributed by atoms with Gasteiger partial charge in [0.2, 0.25) is 0 Å². The summed E-state index contributed by atoms with van der Waals surface area (Å²) in [6.07, 6.45) is 6.39. The fourth-order valence-electron chi connectivity index (χ4n) is 5.51. The summed E-state index contributed by atoms with van der Waals surface area (Å²) in [7, 11) is 0. The monoisotopic (exact) mass is 190 g/mol. The van der Waals surface area contributed by atoms with Gasteiger partial charge in [0.25, 0.3) is 0 Å². The molecule has 4 saturated carbocycles. The summed E-state index contributed by atoms with van der Waals surface area (Å²) in [4.78, 5) is 0. The van der Waals surface area contributed by atoms with Gasteiger partial charge in [-0.2, -0.15) is 0 Å². The van der Waals surface area contributed by atoms with Gasteiger partial charge in [-0.15, -0.1) is 0 Å². The zero-order chi connectivity index (χ0) is 9.45. The minimum absolute atomic E-state index is 1.08. The first-order valence-corrected chi connectivity index (χ1v) is 6.75. The predicted molar refractivity (Wildman–Crippen MR) is 57.7 cm³/mol. The first-order valence-electron chi connectivity index (χ1n) is 6.75. The van der Waals surface area contributed by atoms with E-state index in [9.17, 15) is 0 Å². The molecule has 0 heteroatoms. The highest BCUT2D eigenvalue weighted by Crippen LogP contribution is 2.68. The van der Waals surface area contributed by atoms with E-state index in [0.29, 0.717) is 0 Å². The van der Waals surface area contributed by atoms with E-state index in [0.717, 1.165) is 11.8 Å². The molecule has 4 aliphatic carbocycles. The Morgan fingerprint density at radius 1 is 0.643 bits per heavy atom. The maximum absolute atomic E-state index is 2.50. The molecule has 0 radical (unpaired) electrons. The molecular weight excluding hydrogens is 168 g/mol. The Hall–Kier alpha value is 0. The third kappa shape index (κ3) is 0.823. The van der Waals surface area contributed by atoms with Gasteiger partial charge >= 0.3 is 0 Å². The Labute approximate surface area is 87.5 Å². The second-order valence-corrected chi connectivity index (χ2v) is 6.89. The van der Waals surface area contributed by atoms with E-state index >= 15 is 0 Å². The molecule has 0 aliphatic heterocycles. The highest BCUT2D eigenvalue weighted by molar-refractivity contribution is 5.10. The van der Waals surface area contributed by atoms with Crippen LogP contribution in [0.2, 0.25) is 0 Å². The minimum Gasteiger partial charge on any atom is -0.0622 e.